The van der Waals surface area contributed by atoms with Crippen LogP contribution >= 0.6 is 0 Å². The number of carbonyl (C=O) groups is 2. The molecular formula is C19H17NO4. The molecular weight excluding hydrogens is 306 g/mol. The number of rotatable bonds is 3. The Hall–Kier alpha value is -2.82. The van der Waals surface area contributed by atoms with Crippen LogP contribution in [0.2, 0.25) is 0 Å². The van der Waals surface area contributed by atoms with Crippen molar-refractivity contribution in [1.29, 1.82) is 0 Å². The van der Waals surface area contributed by atoms with Crippen LogP contribution in [-0.4, -0.2) is 25.0 Å². The van der Waals surface area contributed by atoms with E-state index in [4.69, 9.17) is 9.15 Å². The molecule has 1 saturated heterocycles. The molecule has 0 bridgehead atoms. The number of hydrogen-bond donors (Lipinski definition) is 0. The van der Waals surface area contributed by atoms with Gasteiger partial charge in [0.05, 0.1) is 12.5 Å². The van der Waals surface area contributed by atoms with Crippen LogP contribution in [0, 0.1) is 5.92 Å². The fourth-order valence-electron chi connectivity index (χ4n) is 3.26. The Labute approximate surface area is 138 Å². The number of nitrogens with zero attached hydrogens (tertiary/aromatic N) is 1. The highest BCUT2D eigenvalue weighted by Crippen LogP contribution is 2.33. The number of para-hydroxylation sites is 1. The van der Waals surface area contributed by atoms with E-state index in [1.54, 1.807) is 11.8 Å². The topological polar surface area (TPSA) is 59.8 Å². The number of anilines is 1. The molecule has 2 heterocycles. The quantitative estimate of drug-likeness (QED) is 0.692. The molecule has 0 aliphatic carbocycles. The molecule has 4 rings (SSSR count). The van der Waals surface area contributed by atoms with Crippen LogP contribution in [-0.2, 0) is 14.3 Å². The number of amides is 1. The van der Waals surface area contributed by atoms with Crippen molar-refractivity contribution in [2.24, 2.45) is 5.92 Å². The van der Waals surface area contributed by atoms with Crippen LogP contribution < -0.4 is 4.90 Å². The van der Waals surface area contributed by atoms with E-state index < -0.39 is 5.92 Å². The number of carbonyl (C=O) groups excluding carboxylic acids is 2. The third-order valence-electron chi connectivity index (χ3n) is 4.42. The molecule has 5 nitrogen and oxygen atoms in total. The third-order valence-corrected chi connectivity index (χ3v) is 4.42. The van der Waals surface area contributed by atoms with Crippen molar-refractivity contribution >= 4 is 39.5 Å². The average Bonchev–Trinajstić information content (AvgIpc) is 3.15. The average molecular weight is 323 g/mol. The first-order valence-electron chi connectivity index (χ1n) is 8.05. The lowest BCUT2D eigenvalue weighted by atomic mass is 10.1. The van der Waals surface area contributed by atoms with Crippen LogP contribution in [0.4, 0.5) is 5.69 Å². The van der Waals surface area contributed by atoms with Gasteiger partial charge in [-0.05, 0) is 25.1 Å². The highest BCUT2D eigenvalue weighted by atomic mass is 16.5. The van der Waals surface area contributed by atoms with Gasteiger partial charge in [-0.1, -0.05) is 18.2 Å². The molecule has 0 N–H and O–H groups in total. The molecule has 2 aromatic carbocycles. The second-order valence-electron chi connectivity index (χ2n) is 5.94. The van der Waals surface area contributed by atoms with Gasteiger partial charge in [-0.15, -0.1) is 0 Å². The fraction of sp³-hybridized carbons (Fsp3) is 0.263. The van der Waals surface area contributed by atoms with Crippen LogP contribution in [0.5, 0.6) is 0 Å². The molecule has 0 radical (unpaired) electrons. The van der Waals surface area contributed by atoms with E-state index in [0.717, 1.165) is 27.6 Å². The van der Waals surface area contributed by atoms with E-state index in [0.29, 0.717) is 13.2 Å². The molecule has 1 aliphatic rings. The van der Waals surface area contributed by atoms with Crippen LogP contribution in [0.15, 0.2) is 46.9 Å². The minimum atomic E-state index is -0.399. The summed E-state index contributed by atoms with van der Waals surface area (Å²) in [6.07, 6.45) is 0.191. The molecule has 122 valence electrons. The molecule has 3 aromatic rings. The van der Waals surface area contributed by atoms with E-state index in [9.17, 15) is 9.59 Å². The normalized spacial score (nSPS) is 17.8. The lowest BCUT2D eigenvalue weighted by Gasteiger charge is -2.16. The largest absolute Gasteiger partial charge is 0.466 e. The standard InChI is InChI=1S/C19H17NO4/c1-2-23-19(22)12-9-18(21)20(11-12)13-7-8-15-14-5-3-4-6-16(14)24-17(15)10-13/h3-8,10,12H,2,9,11H2,1H3/t12-/m1/s1. The van der Waals surface area contributed by atoms with Crippen molar-refractivity contribution in [2.75, 3.05) is 18.1 Å². The molecule has 1 amide bonds. The summed E-state index contributed by atoms with van der Waals surface area (Å²) in [6.45, 7) is 2.44. The minimum absolute atomic E-state index is 0.0662. The van der Waals surface area contributed by atoms with Crippen molar-refractivity contribution in [2.45, 2.75) is 13.3 Å². The number of furan rings is 1. The van der Waals surface area contributed by atoms with E-state index >= 15 is 0 Å². The summed E-state index contributed by atoms with van der Waals surface area (Å²) < 4.78 is 10.9. The Balaban J connectivity index is 1.68. The molecule has 0 spiro atoms. The van der Waals surface area contributed by atoms with Gasteiger partial charge in [-0.3, -0.25) is 9.59 Å². The van der Waals surface area contributed by atoms with E-state index in [1.165, 1.54) is 0 Å². The number of benzene rings is 2. The first-order chi connectivity index (χ1) is 11.7. The summed E-state index contributed by atoms with van der Waals surface area (Å²) in [4.78, 5) is 25.8. The van der Waals surface area contributed by atoms with Crippen LogP contribution in [0.3, 0.4) is 0 Å². The maximum absolute atomic E-state index is 12.3. The zero-order valence-corrected chi connectivity index (χ0v) is 13.3. The number of fused-ring (bicyclic) bond motifs is 3. The van der Waals surface area contributed by atoms with E-state index in [1.807, 2.05) is 42.5 Å². The van der Waals surface area contributed by atoms with Crippen LogP contribution in [0.1, 0.15) is 13.3 Å². The summed E-state index contributed by atoms with van der Waals surface area (Å²) in [5.41, 5.74) is 2.31. The molecule has 1 aromatic heterocycles. The summed E-state index contributed by atoms with van der Waals surface area (Å²) in [6, 6.07) is 13.6. The highest BCUT2D eigenvalue weighted by Gasteiger charge is 2.36. The van der Waals surface area contributed by atoms with Crippen molar-refractivity contribution in [3.63, 3.8) is 0 Å². The Kier molecular flexibility index (Phi) is 3.49. The zero-order chi connectivity index (χ0) is 16.7. The van der Waals surface area contributed by atoms with Crippen LogP contribution in [0.25, 0.3) is 21.9 Å². The van der Waals surface area contributed by atoms with E-state index in [2.05, 4.69) is 0 Å². The summed E-state index contributed by atoms with van der Waals surface area (Å²) in [5, 5.41) is 2.07. The maximum Gasteiger partial charge on any atom is 0.311 e. The van der Waals surface area contributed by atoms with Gasteiger partial charge in [0, 0.05) is 35.5 Å². The molecule has 24 heavy (non-hydrogen) atoms. The summed E-state index contributed by atoms with van der Waals surface area (Å²) >= 11 is 0. The molecule has 1 atom stereocenters. The van der Waals surface area contributed by atoms with Gasteiger partial charge in [0.15, 0.2) is 0 Å². The Morgan fingerprint density at radius 3 is 2.83 bits per heavy atom. The monoisotopic (exact) mass is 323 g/mol. The summed E-state index contributed by atoms with van der Waals surface area (Å²) in [7, 11) is 0. The first kappa shape index (κ1) is 14.8. The second kappa shape index (κ2) is 5.67. The van der Waals surface area contributed by atoms with E-state index in [-0.39, 0.29) is 18.3 Å². The molecule has 1 aliphatic heterocycles. The third kappa shape index (κ3) is 2.33. The fourth-order valence-corrected chi connectivity index (χ4v) is 3.26. The predicted octanol–water partition coefficient (Wildman–Crippen LogP) is 3.50. The van der Waals surface area contributed by atoms with Gasteiger partial charge in [-0.25, -0.2) is 0 Å². The number of ether oxygens (including phenoxy) is 1. The van der Waals surface area contributed by atoms with Gasteiger partial charge >= 0.3 is 5.97 Å². The summed E-state index contributed by atoms with van der Waals surface area (Å²) in [5.74, 6) is -0.773. The minimum Gasteiger partial charge on any atom is -0.466 e. The molecule has 0 saturated carbocycles. The van der Waals surface area contributed by atoms with Gasteiger partial charge in [0.1, 0.15) is 11.2 Å². The maximum atomic E-state index is 12.3. The van der Waals surface area contributed by atoms with Crippen molar-refractivity contribution < 1.29 is 18.7 Å². The van der Waals surface area contributed by atoms with Gasteiger partial charge < -0.3 is 14.1 Å². The number of hydrogen-bond acceptors (Lipinski definition) is 4. The zero-order valence-electron chi connectivity index (χ0n) is 13.3. The van der Waals surface area contributed by atoms with Gasteiger partial charge in [0.25, 0.3) is 0 Å². The Morgan fingerprint density at radius 1 is 1.21 bits per heavy atom. The SMILES string of the molecule is CCOC(=O)[C@@H]1CC(=O)N(c2ccc3c(c2)oc2ccccc23)C1. The Bertz CT molecular complexity index is 943. The molecule has 0 unspecified atom stereocenters. The highest BCUT2D eigenvalue weighted by molar-refractivity contribution is 6.07. The predicted molar refractivity (Wildman–Crippen MR) is 90.8 cm³/mol. The second-order valence-corrected chi connectivity index (χ2v) is 5.94. The van der Waals surface area contributed by atoms with Gasteiger partial charge in [0.2, 0.25) is 5.91 Å². The first-order valence-corrected chi connectivity index (χ1v) is 8.05. The molecule has 1 fully saturated rings. The lowest BCUT2D eigenvalue weighted by molar-refractivity contribution is -0.147. The number of esters is 1. The molecule has 5 heteroatoms. The Morgan fingerprint density at radius 2 is 2.00 bits per heavy atom. The smallest absolute Gasteiger partial charge is 0.311 e. The van der Waals surface area contributed by atoms with Crippen molar-refractivity contribution in [3.05, 3.63) is 42.5 Å². The van der Waals surface area contributed by atoms with Crippen molar-refractivity contribution in [1.82, 2.24) is 0 Å². The van der Waals surface area contributed by atoms with Gasteiger partial charge in [-0.2, -0.15) is 0 Å². The van der Waals surface area contributed by atoms with Crippen molar-refractivity contribution in [3.8, 4) is 0 Å². The lowest BCUT2D eigenvalue weighted by Crippen LogP contribution is -2.26.